The summed E-state index contributed by atoms with van der Waals surface area (Å²) < 4.78 is 0. The van der Waals surface area contributed by atoms with E-state index in [1.165, 1.54) is 4.88 Å². The third-order valence-corrected chi connectivity index (χ3v) is 5.97. The zero-order chi connectivity index (χ0) is 12.0. The lowest BCUT2D eigenvalue weighted by Crippen LogP contribution is -2.22. The Balaban J connectivity index is 1.86. The van der Waals surface area contributed by atoms with Gasteiger partial charge in [0.1, 0.15) is 0 Å². The summed E-state index contributed by atoms with van der Waals surface area (Å²) in [6.07, 6.45) is 0. The van der Waals surface area contributed by atoms with E-state index in [1.807, 2.05) is 11.3 Å². The molecule has 2 rings (SSSR count). The molecule has 0 aliphatic heterocycles. The summed E-state index contributed by atoms with van der Waals surface area (Å²) in [5.41, 5.74) is 0.990. The summed E-state index contributed by atoms with van der Waals surface area (Å²) in [4.78, 5) is 1.44. The van der Waals surface area contributed by atoms with Crippen molar-refractivity contribution in [3.63, 3.8) is 0 Å². The molecule has 0 radical (unpaired) electrons. The highest BCUT2D eigenvalue weighted by Crippen LogP contribution is 2.68. The summed E-state index contributed by atoms with van der Waals surface area (Å²) in [6.45, 7) is 12.9. The lowest BCUT2D eigenvalue weighted by molar-refractivity contribution is 0.457. The molecule has 16 heavy (non-hydrogen) atoms. The van der Waals surface area contributed by atoms with Crippen molar-refractivity contribution < 1.29 is 0 Å². The molecule has 1 aliphatic rings. The lowest BCUT2D eigenvalue weighted by atomic mass is 10.0. The average molecular weight is 237 g/mol. The Hall–Kier alpha value is -0.340. The molecule has 1 saturated carbocycles. The molecular weight excluding hydrogens is 214 g/mol. The molecule has 0 bridgehead atoms. The Morgan fingerprint density at radius 2 is 1.94 bits per heavy atom. The molecule has 1 aromatic heterocycles. The molecular formula is C14H23NS. The molecule has 1 aromatic rings. The highest BCUT2D eigenvalue weighted by molar-refractivity contribution is 7.10. The highest BCUT2D eigenvalue weighted by atomic mass is 32.1. The van der Waals surface area contributed by atoms with Crippen LogP contribution in [0.1, 0.15) is 45.5 Å². The van der Waals surface area contributed by atoms with Gasteiger partial charge in [-0.2, -0.15) is 0 Å². The molecule has 1 unspecified atom stereocenters. The van der Waals surface area contributed by atoms with Crippen LogP contribution in [-0.2, 0) is 0 Å². The van der Waals surface area contributed by atoms with Gasteiger partial charge in [-0.05, 0) is 41.7 Å². The van der Waals surface area contributed by atoms with E-state index in [1.54, 1.807) is 0 Å². The van der Waals surface area contributed by atoms with Crippen molar-refractivity contribution in [2.45, 2.75) is 40.7 Å². The van der Waals surface area contributed by atoms with Gasteiger partial charge in [0, 0.05) is 10.9 Å². The zero-order valence-corrected chi connectivity index (χ0v) is 11.8. The van der Waals surface area contributed by atoms with Crippen LogP contribution in [0.25, 0.3) is 0 Å². The van der Waals surface area contributed by atoms with Crippen molar-refractivity contribution in [2.24, 2.45) is 16.7 Å². The van der Waals surface area contributed by atoms with Crippen molar-refractivity contribution in [1.29, 1.82) is 0 Å². The van der Waals surface area contributed by atoms with Crippen LogP contribution in [0.4, 0.5) is 0 Å². The first kappa shape index (κ1) is 12.1. The third kappa shape index (κ3) is 1.82. The molecule has 90 valence electrons. The number of rotatable bonds is 4. The number of hydrogen-bond donors (Lipinski definition) is 1. The van der Waals surface area contributed by atoms with Crippen molar-refractivity contribution >= 4 is 11.3 Å². The van der Waals surface area contributed by atoms with E-state index in [-0.39, 0.29) is 0 Å². The van der Waals surface area contributed by atoms with Gasteiger partial charge in [0.05, 0.1) is 0 Å². The standard InChI is InChI=1S/C14H23NS/c1-10(11-7-6-8-16-11)15-9-12-13(2,3)14(12,4)5/h6-8,10,12,15H,9H2,1-5H3. The van der Waals surface area contributed by atoms with Gasteiger partial charge in [0.15, 0.2) is 0 Å². The highest BCUT2D eigenvalue weighted by Gasteiger charge is 2.63. The second-order valence-electron chi connectivity index (χ2n) is 6.14. The monoisotopic (exact) mass is 237 g/mol. The predicted octanol–water partition coefficient (Wildman–Crippen LogP) is 4.08. The second kappa shape index (κ2) is 3.85. The molecule has 1 N–H and O–H groups in total. The fraction of sp³-hybridized carbons (Fsp3) is 0.714. The summed E-state index contributed by atoms with van der Waals surface area (Å²) in [6, 6.07) is 4.83. The molecule has 1 heterocycles. The summed E-state index contributed by atoms with van der Waals surface area (Å²) >= 11 is 1.84. The van der Waals surface area contributed by atoms with Gasteiger partial charge in [-0.3, -0.25) is 0 Å². The predicted molar refractivity (Wildman–Crippen MR) is 71.8 cm³/mol. The summed E-state index contributed by atoms with van der Waals surface area (Å²) in [5, 5.41) is 5.82. The van der Waals surface area contributed by atoms with Gasteiger partial charge in [0.25, 0.3) is 0 Å². The molecule has 0 saturated heterocycles. The van der Waals surface area contributed by atoms with Gasteiger partial charge in [-0.25, -0.2) is 0 Å². The topological polar surface area (TPSA) is 12.0 Å². The van der Waals surface area contributed by atoms with Crippen LogP contribution in [-0.4, -0.2) is 6.54 Å². The number of nitrogens with one attached hydrogen (secondary N) is 1. The maximum absolute atomic E-state index is 3.67. The molecule has 1 nitrogen and oxygen atoms in total. The Labute approximate surface area is 103 Å². The molecule has 0 aromatic carbocycles. The van der Waals surface area contributed by atoms with E-state index < -0.39 is 0 Å². The fourth-order valence-corrected chi connectivity index (χ4v) is 3.54. The van der Waals surface area contributed by atoms with E-state index in [0.29, 0.717) is 16.9 Å². The first-order valence-corrected chi connectivity index (χ1v) is 7.02. The molecule has 1 atom stereocenters. The van der Waals surface area contributed by atoms with Crippen LogP contribution in [0.5, 0.6) is 0 Å². The van der Waals surface area contributed by atoms with Gasteiger partial charge >= 0.3 is 0 Å². The maximum atomic E-state index is 3.67. The SMILES string of the molecule is CC(NCC1C(C)(C)C1(C)C)c1cccs1. The van der Waals surface area contributed by atoms with Crippen molar-refractivity contribution in [3.05, 3.63) is 22.4 Å². The smallest absolute Gasteiger partial charge is 0.0386 e. The number of thiophene rings is 1. The second-order valence-corrected chi connectivity index (χ2v) is 7.12. The zero-order valence-electron chi connectivity index (χ0n) is 11.0. The summed E-state index contributed by atoms with van der Waals surface area (Å²) in [7, 11) is 0. The average Bonchev–Trinajstić information content (AvgIpc) is 2.66. The van der Waals surface area contributed by atoms with Gasteiger partial charge in [-0.15, -0.1) is 11.3 Å². The van der Waals surface area contributed by atoms with E-state index in [2.05, 4.69) is 57.4 Å². The van der Waals surface area contributed by atoms with Crippen LogP contribution in [0.15, 0.2) is 17.5 Å². The maximum Gasteiger partial charge on any atom is 0.0386 e. The van der Waals surface area contributed by atoms with Crippen molar-refractivity contribution in [2.75, 3.05) is 6.54 Å². The minimum absolute atomic E-state index is 0.493. The van der Waals surface area contributed by atoms with Crippen LogP contribution in [0, 0.1) is 16.7 Å². The Kier molecular flexibility index (Phi) is 2.92. The first-order chi connectivity index (χ1) is 7.37. The van der Waals surface area contributed by atoms with Gasteiger partial charge < -0.3 is 5.32 Å². The molecule has 0 spiro atoms. The van der Waals surface area contributed by atoms with Crippen LogP contribution in [0.2, 0.25) is 0 Å². The first-order valence-electron chi connectivity index (χ1n) is 6.14. The van der Waals surface area contributed by atoms with Crippen LogP contribution >= 0.6 is 11.3 Å². The molecule has 1 fully saturated rings. The van der Waals surface area contributed by atoms with Crippen molar-refractivity contribution in [3.8, 4) is 0 Å². The number of hydrogen-bond acceptors (Lipinski definition) is 2. The van der Waals surface area contributed by atoms with E-state index in [4.69, 9.17) is 0 Å². The minimum Gasteiger partial charge on any atom is -0.309 e. The van der Waals surface area contributed by atoms with E-state index in [9.17, 15) is 0 Å². The molecule has 1 aliphatic carbocycles. The largest absolute Gasteiger partial charge is 0.309 e. The molecule has 0 amide bonds. The summed E-state index contributed by atoms with van der Waals surface area (Å²) in [5.74, 6) is 0.808. The van der Waals surface area contributed by atoms with E-state index in [0.717, 1.165) is 12.5 Å². The van der Waals surface area contributed by atoms with Crippen molar-refractivity contribution in [1.82, 2.24) is 5.32 Å². The Morgan fingerprint density at radius 1 is 1.31 bits per heavy atom. The van der Waals surface area contributed by atoms with Crippen LogP contribution in [0.3, 0.4) is 0 Å². The van der Waals surface area contributed by atoms with E-state index >= 15 is 0 Å². The third-order valence-electron chi connectivity index (χ3n) is 4.92. The normalized spacial score (nSPS) is 24.3. The minimum atomic E-state index is 0.493. The van der Waals surface area contributed by atoms with Gasteiger partial charge in [0.2, 0.25) is 0 Å². The van der Waals surface area contributed by atoms with Crippen LogP contribution < -0.4 is 5.32 Å². The fourth-order valence-electron chi connectivity index (χ4n) is 2.78. The quantitative estimate of drug-likeness (QED) is 0.832. The Morgan fingerprint density at radius 3 is 2.38 bits per heavy atom. The van der Waals surface area contributed by atoms with Gasteiger partial charge in [-0.1, -0.05) is 33.8 Å². The Bertz CT molecular complexity index is 337. The lowest BCUT2D eigenvalue weighted by Gasteiger charge is -2.12. The molecule has 2 heteroatoms.